The molecule has 23 heavy (non-hydrogen) atoms. The number of sulfonamides is 1. The molecule has 2 atom stereocenters. The van der Waals surface area contributed by atoms with Crippen molar-refractivity contribution in [3.63, 3.8) is 0 Å². The Hall–Kier alpha value is -1.11. The minimum atomic E-state index is -3.23. The molecular weight excluding hydrogens is 314 g/mol. The van der Waals surface area contributed by atoms with Gasteiger partial charge in [0.15, 0.2) is 0 Å². The van der Waals surface area contributed by atoms with Crippen LogP contribution in [-0.2, 0) is 14.8 Å². The second-order valence-electron chi connectivity index (χ2n) is 6.25. The molecule has 0 N–H and O–H groups in total. The van der Waals surface area contributed by atoms with Gasteiger partial charge in [-0.25, -0.2) is 8.42 Å². The number of fused-ring (bicyclic) bond motifs is 2. The van der Waals surface area contributed by atoms with E-state index in [0.29, 0.717) is 6.61 Å². The van der Waals surface area contributed by atoms with Crippen LogP contribution in [0.2, 0.25) is 0 Å². The molecule has 0 amide bonds. The zero-order valence-corrected chi connectivity index (χ0v) is 14.4. The summed E-state index contributed by atoms with van der Waals surface area (Å²) in [6.07, 6.45) is 3.53. The minimum absolute atomic E-state index is 0.0779. The maximum atomic E-state index is 12.6. The van der Waals surface area contributed by atoms with Crippen molar-refractivity contribution in [1.29, 1.82) is 0 Å². The van der Waals surface area contributed by atoms with E-state index < -0.39 is 10.0 Å². The van der Waals surface area contributed by atoms with Crippen molar-refractivity contribution in [2.45, 2.75) is 50.8 Å². The first kappa shape index (κ1) is 16.7. The monoisotopic (exact) mass is 339 g/mol. The highest BCUT2D eigenvalue weighted by Gasteiger charge is 2.47. The average molecular weight is 339 g/mol. The zero-order valence-electron chi connectivity index (χ0n) is 13.6. The van der Waals surface area contributed by atoms with E-state index in [1.165, 1.54) is 0 Å². The van der Waals surface area contributed by atoms with E-state index in [0.717, 1.165) is 31.4 Å². The van der Waals surface area contributed by atoms with Gasteiger partial charge in [-0.2, -0.15) is 4.31 Å². The minimum Gasteiger partial charge on any atom is -0.490 e. The summed E-state index contributed by atoms with van der Waals surface area (Å²) in [5.41, 5.74) is 0. The highest BCUT2D eigenvalue weighted by molar-refractivity contribution is 7.89. The smallest absolute Gasteiger partial charge is 0.216 e. The van der Waals surface area contributed by atoms with Gasteiger partial charge in [0, 0.05) is 31.5 Å². The van der Waals surface area contributed by atoms with Gasteiger partial charge in [0.25, 0.3) is 0 Å². The predicted octanol–water partition coefficient (Wildman–Crippen LogP) is 2.43. The highest BCUT2D eigenvalue weighted by Crippen LogP contribution is 2.39. The van der Waals surface area contributed by atoms with Crippen molar-refractivity contribution >= 4 is 10.0 Å². The van der Waals surface area contributed by atoms with Gasteiger partial charge in [0.05, 0.1) is 12.4 Å². The van der Waals surface area contributed by atoms with Gasteiger partial charge >= 0.3 is 0 Å². The molecule has 2 heterocycles. The van der Waals surface area contributed by atoms with Crippen LogP contribution in [0, 0.1) is 0 Å². The third-order valence-electron chi connectivity index (χ3n) is 4.68. The molecule has 0 aliphatic carbocycles. The number of hydrogen-bond donors (Lipinski definition) is 0. The maximum absolute atomic E-state index is 12.6. The summed E-state index contributed by atoms with van der Waals surface area (Å²) in [5.74, 6) is 0.947. The maximum Gasteiger partial charge on any atom is 0.216 e. The Balaban J connectivity index is 1.63. The quantitative estimate of drug-likeness (QED) is 0.716. The Morgan fingerprint density at radius 2 is 1.78 bits per heavy atom. The first-order valence-corrected chi connectivity index (χ1v) is 10.0. The van der Waals surface area contributed by atoms with Gasteiger partial charge in [-0.15, -0.1) is 0 Å². The number of piperidine rings is 1. The number of ether oxygens (including phenoxy) is 2. The molecule has 0 aromatic heterocycles. The normalized spacial score (nSPS) is 28.0. The van der Waals surface area contributed by atoms with Gasteiger partial charge in [0.1, 0.15) is 11.9 Å². The summed E-state index contributed by atoms with van der Waals surface area (Å²) in [6.45, 7) is 2.71. The summed E-state index contributed by atoms with van der Waals surface area (Å²) in [4.78, 5) is 0. The summed E-state index contributed by atoms with van der Waals surface area (Å²) < 4.78 is 38.2. The third-order valence-corrected chi connectivity index (χ3v) is 6.60. The molecule has 2 bridgehead atoms. The third kappa shape index (κ3) is 3.87. The number of hydrogen-bond acceptors (Lipinski definition) is 4. The Kier molecular flexibility index (Phi) is 5.24. The highest BCUT2D eigenvalue weighted by atomic mass is 32.2. The molecule has 2 saturated heterocycles. The standard InChI is InChI=1S/C17H25NO4S/c1-2-21-10-11-23(19,20)18-14-8-9-15(18)13-17(12-14)22-16-6-4-3-5-7-16/h3-7,14-15,17H,2,8-13H2,1H3. The molecule has 1 aromatic rings. The molecule has 3 rings (SSSR count). The summed E-state index contributed by atoms with van der Waals surface area (Å²) in [7, 11) is -3.23. The van der Waals surface area contributed by atoms with Crippen molar-refractivity contribution in [2.24, 2.45) is 0 Å². The molecular formula is C17H25NO4S. The molecule has 6 heteroatoms. The molecule has 5 nitrogen and oxygen atoms in total. The first-order chi connectivity index (χ1) is 11.1. The number of para-hydroxylation sites is 1. The Labute approximate surface area is 138 Å². The van der Waals surface area contributed by atoms with E-state index in [9.17, 15) is 8.42 Å². The van der Waals surface area contributed by atoms with Crippen molar-refractivity contribution in [3.8, 4) is 5.75 Å². The van der Waals surface area contributed by atoms with Crippen LogP contribution in [0.25, 0.3) is 0 Å². The average Bonchev–Trinajstić information content (AvgIpc) is 2.82. The van der Waals surface area contributed by atoms with Crippen LogP contribution in [0.4, 0.5) is 0 Å². The largest absolute Gasteiger partial charge is 0.490 e. The van der Waals surface area contributed by atoms with Crippen molar-refractivity contribution < 1.29 is 17.9 Å². The SMILES string of the molecule is CCOCCS(=O)(=O)N1C2CCC1CC(Oc1ccccc1)C2. The number of rotatable bonds is 7. The lowest BCUT2D eigenvalue weighted by molar-refractivity contribution is 0.0947. The van der Waals surface area contributed by atoms with Crippen LogP contribution in [-0.4, -0.2) is 49.9 Å². The molecule has 0 saturated carbocycles. The lowest BCUT2D eigenvalue weighted by atomic mass is 10.0. The fourth-order valence-electron chi connectivity index (χ4n) is 3.74. The Morgan fingerprint density at radius 1 is 1.13 bits per heavy atom. The molecule has 0 spiro atoms. The fraction of sp³-hybridized carbons (Fsp3) is 0.647. The van der Waals surface area contributed by atoms with Crippen LogP contribution in [0.15, 0.2) is 30.3 Å². The molecule has 0 radical (unpaired) electrons. The number of benzene rings is 1. The zero-order chi connectivity index (χ0) is 16.3. The predicted molar refractivity (Wildman–Crippen MR) is 89.0 cm³/mol. The van der Waals surface area contributed by atoms with E-state index in [1.54, 1.807) is 4.31 Å². The Morgan fingerprint density at radius 3 is 2.39 bits per heavy atom. The lowest BCUT2D eigenvalue weighted by Gasteiger charge is -2.37. The van der Waals surface area contributed by atoms with Crippen molar-refractivity contribution in [2.75, 3.05) is 19.0 Å². The van der Waals surface area contributed by atoms with E-state index in [2.05, 4.69) is 0 Å². The van der Waals surface area contributed by atoms with Gasteiger partial charge in [-0.05, 0) is 31.9 Å². The molecule has 128 valence electrons. The van der Waals surface area contributed by atoms with Crippen LogP contribution in [0.3, 0.4) is 0 Å². The second-order valence-corrected chi connectivity index (χ2v) is 8.25. The van der Waals surface area contributed by atoms with E-state index in [-0.39, 0.29) is 30.5 Å². The van der Waals surface area contributed by atoms with Crippen LogP contribution in [0.5, 0.6) is 5.75 Å². The van der Waals surface area contributed by atoms with Gasteiger partial charge in [0.2, 0.25) is 10.0 Å². The van der Waals surface area contributed by atoms with Crippen LogP contribution >= 0.6 is 0 Å². The summed E-state index contributed by atoms with van der Waals surface area (Å²) in [5, 5.41) is 0. The van der Waals surface area contributed by atoms with E-state index in [1.807, 2.05) is 37.3 Å². The topological polar surface area (TPSA) is 55.8 Å². The number of nitrogens with zero attached hydrogens (tertiary/aromatic N) is 1. The Bertz CT molecular complexity index is 590. The lowest BCUT2D eigenvalue weighted by Crippen LogP contribution is -2.50. The van der Waals surface area contributed by atoms with Crippen LogP contribution < -0.4 is 4.74 Å². The molecule has 2 unspecified atom stereocenters. The molecule has 2 fully saturated rings. The van der Waals surface area contributed by atoms with Gasteiger partial charge < -0.3 is 9.47 Å². The van der Waals surface area contributed by atoms with Gasteiger partial charge in [-0.3, -0.25) is 0 Å². The van der Waals surface area contributed by atoms with Gasteiger partial charge in [-0.1, -0.05) is 18.2 Å². The van der Waals surface area contributed by atoms with E-state index >= 15 is 0 Å². The van der Waals surface area contributed by atoms with Crippen molar-refractivity contribution in [1.82, 2.24) is 4.31 Å². The molecule has 2 aliphatic rings. The first-order valence-electron chi connectivity index (χ1n) is 8.41. The summed E-state index contributed by atoms with van der Waals surface area (Å²) in [6, 6.07) is 9.93. The van der Waals surface area contributed by atoms with Crippen LogP contribution in [0.1, 0.15) is 32.6 Å². The van der Waals surface area contributed by atoms with E-state index in [4.69, 9.17) is 9.47 Å². The second kappa shape index (κ2) is 7.20. The van der Waals surface area contributed by atoms with Crippen molar-refractivity contribution in [3.05, 3.63) is 30.3 Å². The fourth-order valence-corrected chi connectivity index (χ4v) is 5.57. The molecule has 1 aromatic carbocycles. The molecule has 2 aliphatic heterocycles. The summed E-state index contributed by atoms with van der Waals surface area (Å²) >= 11 is 0.